The molecule has 16 heteroatoms. The average Bonchev–Trinajstić information content (AvgIpc) is 3.19. The Bertz CT molecular complexity index is 1360. The van der Waals surface area contributed by atoms with Gasteiger partial charge in [-0.2, -0.15) is 4.98 Å². The second-order valence-corrected chi connectivity index (χ2v) is 11.3. The summed E-state index contributed by atoms with van der Waals surface area (Å²) in [6, 6.07) is 13.3. The molecule has 2 aromatic carbocycles. The zero-order valence-electron chi connectivity index (χ0n) is 21.1. The summed E-state index contributed by atoms with van der Waals surface area (Å²) in [5.41, 5.74) is 1.36. The first kappa shape index (κ1) is 29.6. The number of hydrogen-bond acceptors (Lipinski definition) is 11. The summed E-state index contributed by atoms with van der Waals surface area (Å²) in [4.78, 5) is 15.7. The van der Waals surface area contributed by atoms with Crippen LogP contribution in [0.3, 0.4) is 0 Å². The van der Waals surface area contributed by atoms with Gasteiger partial charge in [0.15, 0.2) is 18.0 Å². The van der Waals surface area contributed by atoms with Crippen molar-refractivity contribution < 1.29 is 46.1 Å². The molecule has 0 amide bonds. The zero-order valence-corrected chi connectivity index (χ0v) is 22.8. The van der Waals surface area contributed by atoms with Gasteiger partial charge in [0, 0.05) is 18.0 Å². The molecule has 0 aliphatic carbocycles. The number of ether oxygens (including phenoxy) is 3. The van der Waals surface area contributed by atoms with Crippen LogP contribution in [0.4, 0.5) is 19.0 Å². The number of methoxy groups -OCH3 is 2. The Morgan fingerprint density at radius 3 is 2.00 bits per heavy atom. The number of anilines is 1. The molecule has 3 N–H and O–H groups in total. The highest BCUT2D eigenvalue weighted by molar-refractivity contribution is 8.07. The van der Waals surface area contributed by atoms with Gasteiger partial charge in [-0.15, -0.1) is 0 Å². The minimum absolute atomic E-state index is 0.144. The van der Waals surface area contributed by atoms with Crippen LogP contribution in [0.15, 0.2) is 65.6 Å². The van der Waals surface area contributed by atoms with Gasteiger partial charge in [0.2, 0.25) is 0 Å². The molecule has 4 rings (SSSR count). The highest BCUT2D eigenvalue weighted by atomic mass is 32.5. The van der Waals surface area contributed by atoms with Crippen molar-refractivity contribution >= 4 is 24.3 Å². The molecule has 1 aromatic heterocycles. The van der Waals surface area contributed by atoms with Gasteiger partial charge in [0.25, 0.3) is 6.43 Å². The van der Waals surface area contributed by atoms with Crippen LogP contribution in [0.1, 0.15) is 6.23 Å². The first-order valence-corrected chi connectivity index (χ1v) is 14.1. The van der Waals surface area contributed by atoms with E-state index in [1.54, 1.807) is 24.3 Å². The maximum Gasteiger partial charge on any atom is 0.435 e. The number of rotatable bonds is 11. The maximum absolute atomic E-state index is 15.4. The molecule has 3 aromatic rings. The van der Waals surface area contributed by atoms with Crippen molar-refractivity contribution in [3.05, 3.63) is 71.3 Å². The van der Waals surface area contributed by atoms with Gasteiger partial charge >= 0.3 is 12.4 Å². The number of hydrogen-bond donors (Lipinski definition) is 2. The standard InChI is InChI=1S/C24H25F3N3O8PS/c1-33-14-3-7-16(8-4-14)37-39(40,38-17-9-5-15(34-2)6-10-17)35-13-24(22(26)27)20(25)19(31)21(36-24)30-12-11-18(28)29-23(30)32/h3-12,19-22,31H,13H2,1-2H3,(H2,28,29,32)/t19-,20-,21+,24+/m0/s1. The fourth-order valence-electron chi connectivity index (χ4n) is 3.77. The normalized spacial score (nSPS) is 22.7. The molecule has 0 saturated carbocycles. The zero-order chi connectivity index (χ0) is 29.1. The van der Waals surface area contributed by atoms with Crippen LogP contribution in [0, 0.1) is 0 Å². The van der Waals surface area contributed by atoms with Crippen LogP contribution in [0.2, 0.25) is 0 Å². The molecule has 1 aliphatic heterocycles. The molecule has 1 fully saturated rings. The van der Waals surface area contributed by atoms with Gasteiger partial charge in [0.1, 0.15) is 34.9 Å². The lowest BCUT2D eigenvalue weighted by Crippen LogP contribution is -2.50. The van der Waals surface area contributed by atoms with Crippen molar-refractivity contribution in [2.24, 2.45) is 0 Å². The third kappa shape index (κ3) is 6.18. The quantitative estimate of drug-likeness (QED) is 0.312. The Balaban J connectivity index is 1.64. The lowest BCUT2D eigenvalue weighted by molar-refractivity contribution is -0.183. The predicted octanol–water partition coefficient (Wildman–Crippen LogP) is 3.47. The fourth-order valence-corrected chi connectivity index (χ4v) is 5.70. The molecule has 216 valence electrons. The lowest BCUT2D eigenvalue weighted by atomic mass is 9.98. The van der Waals surface area contributed by atoms with Gasteiger partial charge in [-0.1, -0.05) is 0 Å². The summed E-state index contributed by atoms with van der Waals surface area (Å²) >= 11 is 5.50. The third-order valence-electron chi connectivity index (χ3n) is 5.90. The maximum atomic E-state index is 15.4. The van der Waals surface area contributed by atoms with Crippen LogP contribution >= 0.6 is 6.72 Å². The van der Waals surface area contributed by atoms with Gasteiger partial charge < -0.3 is 34.1 Å². The lowest BCUT2D eigenvalue weighted by Gasteiger charge is -2.32. The summed E-state index contributed by atoms with van der Waals surface area (Å²) in [7, 11) is 2.93. The average molecular weight is 604 g/mol. The number of halogens is 3. The van der Waals surface area contributed by atoms with E-state index in [-0.39, 0.29) is 17.3 Å². The molecule has 4 atom stereocenters. The monoisotopic (exact) mass is 603 g/mol. The Hall–Kier alpha value is -3.36. The smallest absolute Gasteiger partial charge is 0.435 e. The van der Waals surface area contributed by atoms with E-state index in [4.69, 9.17) is 45.3 Å². The first-order chi connectivity index (χ1) is 19.0. The number of nitrogens with zero attached hydrogens (tertiary/aromatic N) is 2. The highest BCUT2D eigenvalue weighted by Crippen LogP contribution is 2.53. The van der Waals surface area contributed by atoms with Gasteiger partial charge in [0.05, 0.1) is 20.8 Å². The van der Waals surface area contributed by atoms with E-state index in [1.165, 1.54) is 38.5 Å². The van der Waals surface area contributed by atoms with Crippen LogP contribution in [-0.2, 0) is 21.1 Å². The summed E-state index contributed by atoms with van der Waals surface area (Å²) in [6.45, 7) is -5.21. The second kappa shape index (κ2) is 12.0. The molecule has 0 bridgehead atoms. The highest BCUT2D eigenvalue weighted by Gasteiger charge is 2.62. The summed E-state index contributed by atoms with van der Waals surface area (Å²) in [5.74, 6) is 1.12. The Morgan fingerprint density at radius 2 is 1.55 bits per heavy atom. The SMILES string of the molecule is COc1ccc(OP(=S)(OC[C@@]2(C(F)F)O[C@@H](n3ccc(N)nc3=O)[C@@H](O)[C@@H]2F)Oc2ccc(OC)cc2)cc1. The van der Waals surface area contributed by atoms with E-state index in [9.17, 15) is 18.7 Å². The van der Waals surface area contributed by atoms with Crippen molar-refractivity contribution in [3.8, 4) is 23.0 Å². The molecule has 1 saturated heterocycles. The molecular weight excluding hydrogens is 578 g/mol. The number of nitrogen functional groups attached to an aromatic ring is 1. The van der Waals surface area contributed by atoms with Crippen LogP contribution in [0.5, 0.6) is 23.0 Å². The molecule has 11 nitrogen and oxygen atoms in total. The van der Waals surface area contributed by atoms with Crippen molar-refractivity contribution in [3.63, 3.8) is 0 Å². The Kier molecular flexibility index (Phi) is 8.90. The van der Waals surface area contributed by atoms with Crippen LogP contribution in [-0.4, -0.2) is 59.8 Å². The van der Waals surface area contributed by atoms with E-state index in [2.05, 4.69) is 4.98 Å². The minimum Gasteiger partial charge on any atom is -0.497 e. The Morgan fingerprint density at radius 1 is 1.05 bits per heavy atom. The topological polar surface area (TPSA) is 137 Å². The number of benzene rings is 2. The number of aliphatic hydroxyl groups is 1. The van der Waals surface area contributed by atoms with E-state index < -0.39 is 49.5 Å². The van der Waals surface area contributed by atoms with Gasteiger partial charge in [-0.05, 0) is 54.6 Å². The van der Waals surface area contributed by atoms with Crippen LogP contribution < -0.4 is 29.9 Å². The van der Waals surface area contributed by atoms with Crippen molar-refractivity contribution in [2.45, 2.75) is 30.5 Å². The van der Waals surface area contributed by atoms with E-state index in [1.807, 2.05) is 0 Å². The van der Waals surface area contributed by atoms with Crippen LogP contribution in [0.25, 0.3) is 0 Å². The van der Waals surface area contributed by atoms with Crippen molar-refractivity contribution in [1.82, 2.24) is 9.55 Å². The van der Waals surface area contributed by atoms with E-state index in [0.29, 0.717) is 16.1 Å². The molecule has 2 heterocycles. The van der Waals surface area contributed by atoms with Crippen molar-refractivity contribution in [2.75, 3.05) is 26.6 Å². The number of aliphatic hydroxyl groups excluding tert-OH is 1. The number of nitrogens with two attached hydrogens (primary N) is 1. The molecule has 0 spiro atoms. The summed E-state index contributed by atoms with van der Waals surface area (Å²) in [6.07, 6.45) is -9.27. The van der Waals surface area contributed by atoms with Gasteiger partial charge in [-0.3, -0.25) is 9.09 Å². The summed E-state index contributed by atoms with van der Waals surface area (Å²) < 4.78 is 77.6. The Labute approximate surface area is 231 Å². The largest absolute Gasteiger partial charge is 0.497 e. The van der Waals surface area contributed by atoms with E-state index in [0.717, 1.165) is 12.3 Å². The predicted molar refractivity (Wildman–Crippen MR) is 140 cm³/mol. The molecule has 0 unspecified atom stereocenters. The van der Waals surface area contributed by atoms with Crippen molar-refractivity contribution in [1.29, 1.82) is 0 Å². The molecular formula is C24H25F3N3O8PS. The minimum atomic E-state index is -4.01. The second-order valence-electron chi connectivity index (χ2n) is 8.45. The summed E-state index contributed by atoms with van der Waals surface area (Å²) in [5, 5.41) is 10.5. The number of alkyl halides is 3. The van der Waals surface area contributed by atoms with E-state index >= 15 is 4.39 Å². The third-order valence-corrected chi connectivity index (χ3v) is 7.97. The molecule has 40 heavy (non-hydrogen) atoms. The number of aromatic nitrogens is 2. The molecule has 0 radical (unpaired) electrons. The first-order valence-electron chi connectivity index (χ1n) is 11.5. The van der Waals surface area contributed by atoms with Gasteiger partial charge in [-0.25, -0.2) is 18.0 Å². The molecule has 1 aliphatic rings. The fraction of sp³-hybridized carbons (Fsp3) is 0.333.